The van der Waals surface area contributed by atoms with Crippen LogP contribution < -0.4 is 11.3 Å². The summed E-state index contributed by atoms with van der Waals surface area (Å²) in [6.07, 6.45) is 7.12. The van der Waals surface area contributed by atoms with Gasteiger partial charge in [0.25, 0.3) is 0 Å². The summed E-state index contributed by atoms with van der Waals surface area (Å²) in [5.41, 5.74) is 5.01. The van der Waals surface area contributed by atoms with E-state index in [4.69, 9.17) is 5.84 Å². The van der Waals surface area contributed by atoms with Gasteiger partial charge in [-0.2, -0.15) is 0 Å². The molecule has 1 aliphatic carbocycles. The molecule has 1 aliphatic rings. The lowest BCUT2D eigenvalue weighted by atomic mass is 9.77. The van der Waals surface area contributed by atoms with E-state index in [1.165, 1.54) is 31.7 Å². The fourth-order valence-electron chi connectivity index (χ4n) is 3.79. The minimum Gasteiger partial charge on any atom is -0.302 e. The summed E-state index contributed by atoms with van der Waals surface area (Å²) in [6, 6.07) is 4.94. The maximum atomic E-state index is 13.7. The van der Waals surface area contributed by atoms with E-state index in [0.717, 1.165) is 24.0 Å². The molecular formula is C17H28FN3. The monoisotopic (exact) mass is 293 g/mol. The zero-order chi connectivity index (χ0) is 15.5. The van der Waals surface area contributed by atoms with Crippen LogP contribution in [0.15, 0.2) is 18.2 Å². The Morgan fingerprint density at radius 3 is 2.33 bits per heavy atom. The van der Waals surface area contributed by atoms with Gasteiger partial charge in [-0.15, -0.1) is 0 Å². The van der Waals surface area contributed by atoms with Crippen LogP contribution in [0.5, 0.6) is 0 Å². The molecule has 1 aromatic rings. The number of aryl methyl sites for hydroxylation is 1. The molecule has 2 rings (SSSR count). The molecule has 1 fully saturated rings. The van der Waals surface area contributed by atoms with Crippen molar-refractivity contribution >= 4 is 0 Å². The summed E-state index contributed by atoms with van der Waals surface area (Å²) in [7, 11) is 4.23. The minimum absolute atomic E-state index is 0.0518. The largest absolute Gasteiger partial charge is 0.302 e. The highest BCUT2D eigenvalue weighted by atomic mass is 19.1. The number of rotatable bonds is 4. The molecule has 0 spiro atoms. The van der Waals surface area contributed by atoms with E-state index >= 15 is 0 Å². The predicted molar refractivity (Wildman–Crippen MR) is 85.3 cm³/mol. The van der Waals surface area contributed by atoms with Crippen molar-refractivity contribution in [3.63, 3.8) is 0 Å². The van der Waals surface area contributed by atoms with E-state index in [1.807, 2.05) is 13.0 Å². The minimum atomic E-state index is -0.196. The Labute approximate surface area is 127 Å². The van der Waals surface area contributed by atoms with Crippen molar-refractivity contribution in [1.29, 1.82) is 0 Å². The van der Waals surface area contributed by atoms with Crippen LogP contribution in [0.4, 0.5) is 4.39 Å². The van der Waals surface area contributed by atoms with Crippen LogP contribution in [0.25, 0.3) is 0 Å². The normalized spacial score (nSPS) is 20.3. The van der Waals surface area contributed by atoms with Crippen LogP contribution in [0.2, 0.25) is 0 Å². The van der Waals surface area contributed by atoms with Gasteiger partial charge in [-0.05, 0) is 57.1 Å². The molecule has 3 N–H and O–H groups in total. The SMILES string of the molecule is Cc1ccc(F)cc1C(NN)C1(N(C)C)CCCCCC1. The Bertz CT molecular complexity index is 465. The molecule has 1 saturated carbocycles. The maximum Gasteiger partial charge on any atom is 0.123 e. The molecule has 0 radical (unpaired) electrons. The summed E-state index contributed by atoms with van der Waals surface area (Å²) in [5.74, 6) is 5.73. The quantitative estimate of drug-likeness (QED) is 0.508. The molecule has 0 bridgehead atoms. The third-order valence-corrected chi connectivity index (χ3v) is 5.12. The molecule has 0 heterocycles. The summed E-state index contributed by atoms with van der Waals surface area (Å²) >= 11 is 0. The smallest absolute Gasteiger partial charge is 0.123 e. The number of nitrogens with one attached hydrogen (secondary N) is 1. The standard InChI is InChI=1S/C17H28FN3/c1-13-8-9-14(18)12-15(13)16(20-19)17(21(2)3)10-6-4-5-7-11-17/h8-9,12,16,20H,4-7,10-11,19H2,1-3H3. The van der Waals surface area contributed by atoms with Crippen LogP contribution in [-0.2, 0) is 0 Å². The fraction of sp³-hybridized carbons (Fsp3) is 0.647. The average Bonchev–Trinajstić information content (AvgIpc) is 2.70. The Morgan fingerprint density at radius 1 is 1.19 bits per heavy atom. The number of benzene rings is 1. The lowest BCUT2D eigenvalue weighted by molar-refractivity contribution is 0.0796. The van der Waals surface area contributed by atoms with Crippen LogP contribution in [0, 0.1) is 12.7 Å². The molecule has 21 heavy (non-hydrogen) atoms. The Kier molecular flexibility index (Phi) is 5.36. The van der Waals surface area contributed by atoms with Crippen LogP contribution in [-0.4, -0.2) is 24.5 Å². The highest BCUT2D eigenvalue weighted by molar-refractivity contribution is 5.32. The van der Waals surface area contributed by atoms with E-state index in [2.05, 4.69) is 24.4 Å². The van der Waals surface area contributed by atoms with Crippen molar-refractivity contribution in [2.24, 2.45) is 5.84 Å². The Hall–Kier alpha value is -0.970. The molecule has 1 unspecified atom stereocenters. The van der Waals surface area contributed by atoms with Gasteiger partial charge in [-0.25, -0.2) is 4.39 Å². The number of nitrogens with two attached hydrogens (primary N) is 1. The molecule has 0 saturated heterocycles. The number of likely N-dealkylation sites (N-methyl/N-ethyl adjacent to an activating group) is 1. The second-order valence-corrected chi connectivity index (χ2v) is 6.51. The number of halogens is 1. The molecular weight excluding hydrogens is 265 g/mol. The first kappa shape index (κ1) is 16.4. The van der Waals surface area contributed by atoms with Crippen molar-refractivity contribution < 1.29 is 4.39 Å². The fourth-order valence-corrected chi connectivity index (χ4v) is 3.79. The first-order chi connectivity index (χ1) is 10.0. The van der Waals surface area contributed by atoms with Crippen LogP contribution in [0.1, 0.15) is 55.7 Å². The molecule has 1 atom stereocenters. The third kappa shape index (κ3) is 3.28. The van der Waals surface area contributed by atoms with Crippen molar-refractivity contribution in [1.82, 2.24) is 10.3 Å². The maximum absolute atomic E-state index is 13.7. The Balaban J connectivity index is 2.46. The number of hydrazine groups is 1. The van der Waals surface area contributed by atoms with Crippen molar-refractivity contribution in [2.75, 3.05) is 14.1 Å². The van der Waals surface area contributed by atoms with Gasteiger partial charge in [0.2, 0.25) is 0 Å². The number of hydrogen-bond donors (Lipinski definition) is 2. The van der Waals surface area contributed by atoms with Gasteiger partial charge in [0.15, 0.2) is 0 Å². The second kappa shape index (κ2) is 6.86. The topological polar surface area (TPSA) is 41.3 Å². The van der Waals surface area contributed by atoms with E-state index in [-0.39, 0.29) is 17.4 Å². The summed E-state index contributed by atoms with van der Waals surface area (Å²) in [6.45, 7) is 2.03. The van der Waals surface area contributed by atoms with Gasteiger partial charge in [0, 0.05) is 5.54 Å². The lowest BCUT2D eigenvalue weighted by Gasteiger charge is -2.46. The average molecular weight is 293 g/mol. The lowest BCUT2D eigenvalue weighted by Crippen LogP contribution is -2.55. The van der Waals surface area contributed by atoms with E-state index in [0.29, 0.717) is 0 Å². The van der Waals surface area contributed by atoms with Gasteiger partial charge in [-0.1, -0.05) is 31.7 Å². The molecule has 118 valence electrons. The van der Waals surface area contributed by atoms with Gasteiger partial charge in [0.05, 0.1) is 6.04 Å². The number of hydrogen-bond acceptors (Lipinski definition) is 3. The second-order valence-electron chi connectivity index (χ2n) is 6.51. The zero-order valence-corrected chi connectivity index (χ0v) is 13.5. The van der Waals surface area contributed by atoms with Gasteiger partial charge in [0.1, 0.15) is 5.82 Å². The van der Waals surface area contributed by atoms with Gasteiger partial charge < -0.3 is 4.90 Å². The molecule has 0 aliphatic heterocycles. The predicted octanol–water partition coefficient (Wildman–Crippen LogP) is 3.29. The van der Waals surface area contributed by atoms with Crippen molar-refractivity contribution in [3.05, 3.63) is 35.1 Å². The highest BCUT2D eigenvalue weighted by Crippen LogP contribution is 2.41. The molecule has 4 heteroatoms. The first-order valence-electron chi connectivity index (χ1n) is 7.91. The van der Waals surface area contributed by atoms with Crippen LogP contribution in [0.3, 0.4) is 0 Å². The van der Waals surface area contributed by atoms with Crippen molar-refractivity contribution in [3.8, 4) is 0 Å². The highest BCUT2D eigenvalue weighted by Gasteiger charge is 2.41. The van der Waals surface area contributed by atoms with E-state index < -0.39 is 0 Å². The van der Waals surface area contributed by atoms with E-state index in [1.54, 1.807) is 6.07 Å². The first-order valence-corrected chi connectivity index (χ1v) is 7.91. The van der Waals surface area contributed by atoms with E-state index in [9.17, 15) is 4.39 Å². The summed E-state index contributed by atoms with van der Waals surface area (Å²) < 4.78 is 13.7. The summed E-state index contributed by atoms with van der Waals surface area (Å²) in [4.78, 5) is 2.28. The Morgan fingerprint density at radius 2 is 1.81 bits per heavy atom. The molecule has 0 aromatic heterocycles. The third-order valence-electron chi connectivity index (χ3n) is 5.12. The molecule has 3 nitrogen and oxygen atoms in total. The summed E-state index contributed by atoms with van der Waals surface area (Å²) in [5, 5.41) is 0. The van der Waals surface area contributed by atoms with Crippen molar-refractivity contribution in [2.45, 2.75) is 57.0 Å². The molecule has 1 aromatic carbocycles. The zero-order valence-electron chi connectivity index (χ0n) is 13.5. The van der Waals surface area contributed by atoms with Crippen LogP contribution >= 0.6 is 0 Å². The van der Waals surface area contributed by atoms with Gasteiger partial charge >= 0.3 is 0 Å². The number of nitrogens with zero attached hydrogens (tertiary/aromatic N) is 1. The van der Waals surface area contributed by atoms with Gasteiger partial charge in [-0.3, -0.25) is 11.3 Å². The molecule has 0 amide bonds.